The molecule has 0 spiro atoms. The third-order valence-electron chi connectivity index (χ3n) is 4.28. The highest BCUT2D eigenvalue weighted by molar-refractivity contribution is 7.71. The summed E-state index contributed by atoms with van der Waals surface area (Å²) in [6.07, 6.45) is 0.968. The summed E-state index contributed by atoms with van der Waals surface area (Å²) in [7, 11) is 0. The fourth-order valence-corrected chi connectivity index (χ4v) is 3.45. The number of halogens is 3. The smallest absolute Gasteiger partial charge is 0.215 e. The van der Waals surface area contributed by atoms with Crippen LogP contribution in [0.1, 0.15) is 17.2 Å². The summed E-state index contributed by atoms with van der Waals surface area (Å²) in [5, 5.41) is 3.40. The molecule has 1 aromatic heterocycles. The standard InChI is InChI=1S/C17H12ClF2N3OS/c18-13-4-2-1-3-11(13)15-17(24-15,8-23-16(25)21-9-22-23)12-6-5-10(19)7-14(12)20/h1-7,9,15H,8H2,(H,21,22,25)/t15-,17?/m0/s1. The SMILES string of the molecule is Fc1ccc(C2(Cn3[nH]cnc3=S)O[C@H]2c2ccccc2Cl)c(F)c1. The molecule has 2 heterocycles. The van der Waals surface area contributed by atoms with Gasteiger partial charge in [-0.3, -0.25) is 9.78 Å². The minimum Gasteiger partial charge on any atom is -0.354 e. The van der Waals surface area contributed by atoms with Gasteiger partial charge in [-0.25, -0.2) is 13.8 Å². The molecule has 1 N–H and O–H groups in total. The molecule has 1 saturated heterocycles. The molecular weight excluding hydrogens is 368 g/mol. The van der Waals surface area contributed by atoms with E-state index < -0.39 is 23.3 Å². The highest BCUT2D eigenvalue weighted by Gasteiger charge is 2.60. The van der Waals surface area contributed by atoms with Crippen molar-refractivity contribution >= 4 is 23.8 Å². The average Bonchev–Trinajstić information content (AvgIpc) is 3.14. The molecule has 1 unspecified atom stereocenters. The van der Waals surface area contributed by atoms with Crippen LogP contribution in [0.25, 0.3) is 0 Å². The highest BCUT2D eigenvalue weighted by atomic mass is 35.5. The van der Waals surface area contributed by atoms with Crippen LogP contribution in [0, 0.1) is 16.4 Å². The first-order chi connectivity index (χ1) is 12.0. The van der Waals surface area contributed by atoms with Crippen molar-refractivity contribution < 1.29 is 13.5 Å². The van der Waals surface area contributed by atoms with Crippen LogP contribution in [-0.4, -0.2) is 14.8 Å². The first-order valence-electron chi connectivity index (χ1n) is 7.49. The molecule has 0 radical (unpaired) electrons. The van der Waals surface area contributed by atoms with Crippen LogP contribution in [0.15, 0.2) is 48.8 Å². The van der Waals surface area contributed by atoms with Gasteiger partial charge in [-0.2, -0.15) is 0 Å². The molecule has 0 saturated carbocycles. The Morgan fingerprint density at radius 1 is 1.28 bits per heavy atom. The van der Waals surface area contributed by atoms with E-state index in [1.165, 1.54) is 18.5 Å². The molecule has 1 aliphatic heterocycles. The number of nitrogens with one attached hydrogen (secondary N) is 1. The summed E-state index contributed by atoms with van der Waals surface area (Å²) < 4.78 is 35.7. The molecular formula is C17H12ClF2N3OS. The Hall–Kier alpha value is -2.09. The summed E-state index contributed by atoms with van der Waals surface area (Å²) in [4.78, 5) is 3.96. The van der Waals surface area contributed by atoms with E-state index in [9.17, 15) is 8.78 Å². The minimum absolute atomic E-state index is 0.199. The van der Waals surface area contributed by atoms with Gasteiger partial charge >= 0.3 is 0 Å². The maximum absolute atomic E-state index is 14.5. The largest absolute Gasteiger partial charge is 0.354 e. The quantitative estimate of drug-likeness (QED) is 0.534. The molecule has 128 valence electrons. The monoisotopic (exact) mass is 379 g/mol. The number of nitrogens with zero attached hydrogens (tertiary/aromatic N) is 2. The zero-order valence-electron chi connectivity index (χ0n) is 12.7. The molecule has 1 fully saturated rings. The first-order valence-corrected chi connectivity index (χ1v) is 8.28. The number of hydrogen-bond acceptors (Lipinski definition) is 3. The van der Waals surface area contributed by atoms with Crippen LogP contribution < -0.4 is 0 Å². The normalized spacial score (nSPS) is 22.1. The van der Waals surface area contributed by atoms with Gasteiger partial charge in [0.25, 0.3) is 0 Å². The topological polar surface area (TPSA) is 46.1 Å². The summed E-state index contributed by atoms with van der Waals surface area (Å²) in [5.74, 6) is -1.33. The molecule has 25 heavy (non-hydrogen) atoms. The second-order valence-electron chi connectivity index (χ2n) is 5.79. The first kappa shape index (κ1) is 16.4. The van der Waals surface area contributed by atoms with Crippen molar-refractivity contribution in [1.82, 2.24) is 14.8 Å². The van der Waals surface area contributed by atoms with E-state index in [-0.39, 0.29) is 12.1 Å². The molecule has 4 nitrogen and oxygen atoms in total. The molecule has 4 rings (SSSR count). The van der Waals surface area contributed by atoms with E-state index in [0.29, 0.717) is 9.79 Å². The highest BCUT2D eigenvalue weighted by Crippen LogP contribution is 2.59. The Labute approximate surface area is 152 Å². The molecule has 0 aliphatic carbocycles. The summed E-state index contributed by atoms with van der Waals surface area (Å²) in [5.41, 5.74) is -0.0673. The molecule has 0 bridgehead atoms. The Balaban J connectivity index is 1.82. The molecule has 3 aromatic rings. The number of rotatable bonds is 4. The Morgan fingerprint density at radius 2 is 2.08 bits per heavy atom. The number of aromatic amines is 1. The molecule has 8 heteroatoms. The fourth-order valence-electron chi connectivity index (χ4n) is 3.05. The number of H-pyrrole nitrogens is 1. The average molecular weight is 380 g/mol. The van der Waals surface area contributed by atoms with Crippen molar-refractivity contribution in [3.05, 3.63) is 81.3 Å². The number of benzene rings is 2. The predicted octanol–water partition coefficient (Wildman–Crippen LogP) is 4.54. The van der Waals surface area contributed by atoms with Gasteiger partial charge in [0.15, 0.2) is 0 Å². The van der Waals surface area contributed by atoms with Gasteiger partial charge in [-0.1, -0.05) is 35.9 Å². The number of aromatic nitrogens is 3. The van der Waals surface area contributed by atoms with Gasteiger partial charge in [-0.05, 0) is 24.4 Å². The van der Waals surface area contributed by atoms with Crippen molar-refractivity contribution in [2.45, 2.75) is 18.2 Å². The zero-order chi connectivity index (χ0) is 17.6. The second-order valence-corrected chi connectivity index (χ2v) is 6.56. The minimum atomic E-state index is -1.05. The molecule has 0 amide bonds. The predicted molar refractivity (Wildman–Crippen MR) is 90.7 cm³/mol. The van der Waals surface area contributed by atoms with E-state index in [0.717, 1.165) is 11.6 Å². The van der Waals surface area contributed by atoms with Crippen molar-refractivity contribution in [2.75, 3.05) is 0 Å². The lowest BCUT2D eigenvalue weighted by molar-refractivity contribution is 0.255. The van der Waals surface area contributed by atoms with Crippen molar-refractivity contribution in [3.63, 3.8) is 0 Å². The van der Waals surface area contributed by atoms with Gasteiger partial charge in [0.2, 0.25) is 4.77 Å². The lowest BCUT2D eigenvalue weighted by Crippen LogP contribution is -2.21. The lowest BCUT2D eigenvalue weighted by Gasteiger charge is -2.15. The molecule has 2 atom stereocenters. The Kier molecular flexibility index (Phi) is 3.94. The van der Waals surface area contributed by atoms with E-state index in [1.807, 2.05) is 12.1 Å². The second kappa shape index (κ2) is 6.01. The van der Waals surface area contributed by atoms with Gasteiger partial charge in [0, 0.05) is 22.2 Å². The fraction of sp³-hybridized carbons (Fsp3) is 0.176. The van der Waals surface area contributed by atoms with Gasteiger partial charge in [0.1, 0.15) is 29.7 Å². The van der Waals surface area contributed by atoms with Crippen LogP contribution in [0.4, 0.5) is 8.78 Å². The van der Waals surface area contributed by atoms with E-state index >= 15 is 0 Å². The van der Waals surface area contributed by atoms with Gasteiger partial charge < -0.3 is 4.74 Å². The summed E-state index contributed by atoms with van der Waals surface area (Å²) >= 11 is 11.4. The van der Waals surface area contributed by atoms with Crippen molar-refractivity contribution in [3.8, 4) is 0 Å². The van der Waals surface area contributed by atoms with E-state index in [1.54, 1.807) is 16.8 Å². The lowest BCUT2D eigenvalue weighted by atomic mass is 9.91. The van der Waals surface area contributed by atoms with Crippen LogP contribution in [-0.2, 0) is 16.9 Å². The third kappa shape index (κ3) is 2.78. The van der Waals surface area contributed by atoms with Crippen molar-refractivity contribution in [1.29, 1.82) is 0 Å². The van der Waals surface area contributed by atoms with Crippen LogP contribution in [0.2, 0.25) is 5.02 Å². The van der Waals surface area contributed by atoms with Crippen molar-refractivity contribution in [2.24, 2.45) is 0 Å². The van der Waals surface area contributed by atoms with E-state index in [4.69, 9.17) is 28.6 Å². The molecule has 1 aliphatic rings. The summed E-state index contributed by atoms with van der Waals surface area (Å²) in [6.45, 7) is 0.199. The summed E-state index contributed by atoms with van der Waals surface area (Å²) in [6, 6.07) is 10.6. The zero-order valence-corrected chi connectivity index (χ0v) is 14.3. The van der Waals surface area contributed by atoms with Gasteiger partial charge in [-0.15, -0.1) is 0 Å². The maximum atomic E-state index is 14.5. The van der Waals surface area contributed by atoms with Crippen LogP contribution >= 0.6 is 23.8 Å². The van der Waals surface area contributed by atoms with Crippen LogP contribution in [0.5, 0.6) is 0 Å². The number of ether oxygens (including phenoxy) is 1. The Bertz CT molecular complexity index is 1010. The number of epoxide rings is 1. The van der Waals surface area contributed by atoms with E-state index in [2.05, 4.69) is 10.1 Å². The maximum Gasteiger partial charge on any atom is 0.215 e. The molecule has 2 aromatic carbocycles. The number of hydrogen-bond donors (Lipinski definition) is 1. The third-order valence-corrected chi connectivity index (χ3v) is 4.95. The van der Waals surface area contributed by atoms with Crippen LogP contribution in [0.3, 0.4) is 0 Å². The Morgan fingerprint density at radius 3 is 2.76 bits per heavy atom. The van der Waals surface area contributed by atoms with Gasteiger partial charge in [0.05, 0.1) is 6.54 Å².